The molecule has 0 bridgehead atoms. The van der Waals surface area contributed by atoms with E-state index in [4.69, 9.17) is 16.3 Å². The maximum Gasteiger partial charge on any atom is 0.266 e. The highest BCUT2D eigenvalue weighted by Crippen LogP contribution is 2.24. The fourth-order valence-electron chi connectivity index (χ4n) is 2.95. The Kier molecular flexibility index (Phi) is 6.90. The Labute approximate surface area is 181 Å². The number of carbonyl (C=O) groups is 1. The second-order valence-corrected chi connectivity index (χ2v) is 7.27. The van der Waals surface area contributed by atoms with E-state index in [0.717, 1.165) is 16.7 Å². The number of rotatable bonds is 6. The van der Waals surface area contributed by atoms with E-state index in [1.807, 2.05) is 68.4 Å². The summed E-state index contributed by atoms with van der Waals surface area (Å²) in [6, 6.07) is 22.4. The molecule has 0 spiro atoms. The Morgan fingerprint density at radius 2 is 1.83 bits per heavy atom. The molecule has 0 aliphatic rings. The number of nitrogens with zero attached hydrogens (tertiary/aromatic N) is 1. The highest BCUT2D eigenvalue weighted by Gasteiger charge is 2.13. The summed E-state index contributed by atoms with van der Waals surface area (Å²) in [5.41, 5.74) is 4.19. The monoisotopic (exact) mass is 416 g/mol. The van der Waals surface area contributed by atoms with Crippen LogP contribution in [0.4, 0.5) is 5.69 Å². The Morgan fingerprint density at radius 1 is 1.10 bits per heavy atom. The number of anilines is 1. The van der Waals surface area contributed by atoms with Crippen molar-refractivity contribution in [2.45, 2.75) is 20.5 Å². The van der Waals surface area contributed by atoms with Gasteiger partial charge in [-0.1, -0.05) is 65.7 Å². The van der Waals surface area contributed by atoms with Crippen molar-refractivity contribution in [3.05, 3.63) is 99.6 Å². The molecule has 150 valence electrons. The third-order valence-corrected chi connectivity index (χ3v) is 4.92. The number of hydrogen-bond donors (Lipinski definition) is 1. The Morgan fingerprint density at radius 3 is 2.57 bits per heavy atom. The molecule has 1 amide bonds. The van der Waals surface area contributed by atoms with E-state index >= 15 is 0 Å². The summed E-state index contributed by atoms with van der Waals surface area (Å²) in [5.74, 6) is 0.0925. The van der Waals surface area contributed by atoms with Gasteiger partial charge in [-0.05, 0) is 43.7 Å². The normalized spacial score (nSPS) is 10.9. The van der Waals surface area contributed by atoms with E-state index in [-0.39, 0.29) is 12.2 Å². The van der Waals surface area contributed by atoms with Crippen LogP contribution in [0.5, 0.6) is 5.75 Å². The van der Waals surface area contributed by atoms with Crippen LogP contribution >= 0.6 is 11.6 Å². The van der Waals surface area contributed by atoms with Crippen LogP contribution in [0.2, 0.25) is 5.02 Å². The maximum absolute atomic E-state index is 12.7. The summed E-state index contributed by atoms with van der Waals surface area (Å²) in [6.45, 7) is 4.18. The largest absolute Gasteiger partial charge is 0.488 e. The van der Waals surface area contributed by atoms with Crippen LogP contribution in [0, 0.1) is 25.2 Å². The first-order chi connectivity index (χ1) is 14.5. The van der Waals surface area contributed by atoms with E-state index in [2.05, 4.69) is 5.32 Å². The number of halogens is 1. The number of hydrogen-bond acceptors (Lipinski definition) is 3. The van der Waals surface area contributed by atoms with Gasteiger partial charge in [0, 0.05) is 21.8 Å². The number of nitrogens with one attached hydrogen (secondary N) is 1. The molecule has 0 radical (unpaired) electrons. The lowest BCUT2D eigenvalue weighted by atomic mass is 10.1. The third-order valence-electron chi connectivity index (χ3n) is 4.56. The molecule has 3 aromatic rings. The minimum Gasteiger partial charge on any atom is -0.488 e. The predicted octanol–water partition coefficient (Wildman–Crippen LogP) is 6.08. The van der Waals surface area contributed by atoms with Gasteiger partial charge in [-0.3, -0.25) is 4.79 Å². The van der Waals surface area contributed by atoms with Crippen molar-refractivity contribution < 1.29 is 9.53 Å². The number of ether oxygens (including phenoxy) is 1. The van der Waals surface area contributed by atoms with Gasteiger partial charge in [-0.15, -0.1) is 0 Å². The zero-order valence-electron chi connectivity index (χ0n) is 16.8. The highest BCUT2D eigenvalue weighted by atomic mass is 35.5. The first-order valence-corrected chi connectivity index (χ1v) is 9.81. The third kappa shape index (κ3) is 5.28. The van der Waals surface area contributed by atoms with Crippen LogP contribution in [-0.4, -0.2) is 5.91 Å². The van der Waals surface area contributed by atoms with Crippen molar-refractivity contribution in [2.24, 2.45) is 0 Å². The lowest BCUT2D eigenvalue weighted by molar-refractivity contribution is -0.112. The average Bonchev–Trinajstić information content (AvgIpc) is 2.74. The summed E-state index contributed by atoms with van der Waals surface area (Å²) in [4.78, 5) is 12.7. The highest BCUT2D eigenvalue weighted by molar-refractivity contribution is 6.31. The number of nitriles is 1. The minimum atomic E-state index is -0.467. The van der Waals surface area contributed by atoms with Gasteiger partial charge in [0.1, 0.15) is 24.0 Å². The standard InChI is InChI=1S/C25H21ClN2O2/c1-17-11-12-23(18(2)13-17)28-25(29)21(15-27)14-19-7-4-6-10-24(19)30-16-20-8-3-5-9-22(20)26/h3-14H,16H2,1-2H3,(H,28,29)/b21-14+. The lowest BCUT2D eigenvalue weighted by Gasteiger charge is -2.11. The first kappa shape index (κ1) is 21.2. The van der Waals surface area contributed by atoms with Crippen LogP contribution in [0.15, 0.2) is 72.3 Å². The summed E-state index contributed by atoms with van der Waals surface area (Å²) < 4.78 is 5.91. The van der Waals surface area contributed by atoms with Crippen LogP contribution in [0.3, 0.4) is 0 Å². The molecule has 0 aliphatic heterocycles. The zero-order chi connectivity index (χ0) is 21.5. The molecule has 0 saturated heterocycles. The molecular weight excluding hydrogens is 396 g/mol. The van der Waals surface area contributed by atoms with Crippen molar-refractivity contribution in [3.8, 4) is 11.8 Å². The molecule has 0 unspecified atom stereocenters. The van der Waals surface area contributed by atoms with Crippen molar-refractivity contribution in [1.29, 1.82) is 5.26 Å². The van der Waals surface area contributed by atoms with Gasteiger partial charge in [0.2, 0.25) is 0 Å². The Balaban J connectivity index is 1.81. The van der Waals surface area contributed by atoms with Gasteiger partial charge in [0.25, 0.3) is 5.91 Å². The molecule has 0 heterocycles. The molecule has 0 saturated carbocycles. The minimum absolute atomic E-state index is 0.0104. The fourth-order valence-corrected chi connectivity index (χ4v) is 3.14. The van der Waals surface area contributed by atoms with E-state index in [1.165, 1.54) is 6.08 Å². The summed E-state index contributed by atoms with van der Waals surface area (Å²) in [7, 11) is 0. The molecule has 5 heteroatoms. The summed E-state index contributed by atoms with van der Waals surface area (Å²) >= 11 is 6.19. The van der Waals surface area contributed by atoms with Gasteiger partial charge in [0.15, 0.2) is 0 Å². The predicted molar refractivity (Wildman–Crippen MR) is 120 cm³/mol. The number of aryl methyl sites for hydroxylation is 2. The SMILES string of the molecule is Cc1ccc(NC(=O)/C(C#N)=C/c2ccccc2OCc2ccccc2Cl)c(C)c1. The van der Waals surface area contributed by atoms with Gasteiger partial charge in [0.05, 0.1) is 0 Å². The number of para-hydroxylation sites is 1. The molecule has 0 fully saturated rings. The first-order valence-electron chi connectivity index (χ1n) is 9.43. The van der Waals surface area contributed by atoms with E-state index in [9.17, 15) is 10.1 Å². The molecule has 3 aromatic carbocycles. The van der Waals surface area contributed by atoms with Crippen LogP contribution in [0.1, 0.15) is 22.3 Å². The van der Waals surface area contributed by atoms with Crippen molar-refractivity contribution in [2.75, 3.05) is 5.32 Å². The maximum atomic E-state index is 12.7. The van der Waals surface area contributed by atoms with Crippen LogP contribution in [-0.2, 0) is 11.4 Å². The van der Waals surface area contributed by atoms with E-state index in [0.29, 0.717) is 22.0 Å². The molecule has 3 rings (SSSR count). The van der Waals surface area contributed by atoms with Gasteiger partial charge in [-0.2, -0.15) is 5.26 Å². The zero-order valence-corrected chi connectivity index (χ0v) is 17.5. The van der Waals surface area contributed by atoms with Crippen molar-refractivity contribution in [1.82, 2.24) is 0 Å². The fraction of sp³-hybridized carbons (Fsp3) is 0.120. The quantitative estimate of drug-likeness (QED) is 0.391. The second kappa shape index (κ2) is 9.78. The van der Waals surface area contributed by atoms with Gasteiger partial charge < -0.3 is 10.1 Å². The molecule has 1 N–H and O–H groups in total. The van der Waals surface area contributed by atoms with E-state index < -0.39 is 5.91 Å². The van der Waals surface area contributed by atoms with Crippen molar-refractivity contribution >= 4 is 29.3 Å². The Hall–Kier alpha value is -3.55. The second-order valence-electron chi connectivity index (χ2n) is 6.86. The summed E-state index contributed by atoms with van der Waals surface area (Å²) in [6.07, 6.45) is 1.53. The molecular formula is C25H21ClN2O2. The smallest absolute Gasteiger partial charge is 0.266 e. The average molecular weight is 417 g/mol. The molecule has 0 atom stereocenters. The van der Waals surface area contributed by atoms with E-state index in [1.54, 1.807) is 18.2 Å². The van der Waals surface area contributed by atoms with Crippen LogP contribution < -0.4 is 10.1 Å². The number of amides is 1. The van der Waals surface area contributed by atoms with Gasteiger partial charge >= 0.3 is 0 Å². The number of benzene rings is 3. The Bertz CT molecular complexity index is 1150. The summed E-state index contributed by atoms with van der Waals surface area (Å²) in [5, 5.41) is 13.0. The number of carbonyl (C=O) groups excluding carboxylic acids is 1. The topological polar surface area (TPSA) is 62.1 Å². The van der Waals surface area contributed by atoms with Crippen molar-refractivity contribution in [3.63, 3.8) is 0 Å². The lowest BCUT2D eigenvalue weighted by Crippen LogP contribution is -2.14. The van der Waals surface area contributed by atoms with Crippen LogP contribution in [0.25, 0.3) is 6.08 Å². The molecule has 0 aliphatic carbocycles. The molecule has 0 aromatic heterocycles. The molecule has 30 heavy (non-hydrogen) atoms. The molecule has 4 nitrogen and oxygen atoms in total. The van der Waals surface area contributed by atoms with Gasteiger partial charge in [-0.25, -0.2) is 0 Å².